The fraction of sp³-hybridized carbons (Fsp3) is 0. The Kier molecular flexibility index (Phi) is 7.16. The van der Waals surface area contributed by atoms with Crippen molar-refractivity contribution in [3.8, 4) is 0 Å². The van der Waals surface area contributed by atoms with E-state index in [2.05, 4.69) is 0 Å². The maximum absolute atomic E-state index is 10.9. The van der Waals surface area contributed by atoms with Gasteiger partial charge in [-0.3, -0.25) is 0 Å². The largest absolute Gasteiger partial charge is 2.00 e. The van der Waals surface area contributed by atoms with Crippen LogP contribution in [0.2, 0.25) is 0 Å². The van der Waals surface area contributed by atoms with Gasteiger partial charge in [0.05, 0.1) is 9.79 Å². The maximum atomic E-state index is 10.9. The van der Waals surface area contributed by atoms with Crippen LogP contribution in [0.25, 0.3) is 21.5 Å². The van der Waals surface area contributed by atoms with Crippen LogP contribution in [0.15, 0.2) is 94.7 Å². The van der Waals surface area contributed by atoms with Crippen LogP contribution in [0, 0.1) is 0 Å². The first-order chi connectivity index (χ1) is 13.2. The summed E-state index contributed by atoms with van der Waals surface area (Å²) in [6, 6.07) is 23.1. The monoisotopic (exact) mass is 472 g/mol. The van der Waals surface area contributed by atoms with E-state index in [-0.39, 0.29) is 26.3 Å². The van der Waals surface area contributed by atoms with Crippen molar-refractivity contribution in [1.82, 2.24) is 0 Å². The maximum Gasteiger partial charge on any atom is 2.00 e. The predicted octanol–water partition coefficient (Wildman–Crippen LogP) is 3.49. The van der Waals surface area contributed by atoms with E-state index in [0.29, 0.717) is 10.8 Å². The number of hydrogen-bond acceptors (Lipinski definition) is 6. The van der Waals surface area contributed by atoms with Gasteiger partial charge in [-0.05, 0) is 33.7 Å². The average molecular weight is 473 g/mol. The summed E-state index contributed by atoms with van der Waals surface area (Å²) >= 11 is 0. The van der Waals surface area contributed by atoms with Crippen LogP contribution in [0.1, 0.15) is 0 Å². The molecular weight excluding hydrogens is 459 g/mol. The van der Waals surface area contributed by atoms with E-state index in [1.165, 1.54) is 12.1 Å². The van der Waals surface area contributed by atoms with Crippen molar-refractivity contribution in [2.75, 3.05) is 0 Å². The molecule has 4 aromatic rings. The van der Waals surface area contributed by atoms with Crippen LogP contribution in [0.4, 0.5) is 0 Å². The number of benzene rings is 4. The first-order valence-electron chi connectivity index (χ1n) is 8.05. The van der Waals surface area contributed by atoms with E-state index in [9.17, 15) is 25.9 Å². The van der Waals surface area contributed by atoms with Crippen molar-refractivity contribution in [2.24, 2.45) is 0 Å². The molecule has 152 valence electrons. The van der Waals surface area contributed by atoms with Gasteiger partial charge in [-0.2, -0.15) is 0 Å². The molecule has 0 aliphatic rings. The molecule has 0 saturated carbocycles. The van der Waals surface area contributed by atoms with Crippen LogP contribution in [0.3, 0.4) is 0 Å². The first-order valence-corrected chi connectivity index (χ1v) is 10.9. The van der Waals surface area contributed by atoms with Crippen molar-refractivity contribution < 1.29 is 42.4 Å². The van der Waals surface area contributed by atoms with E-state index in [1.54, 1.807) is 72.8 Å². The second-order valence-corrected chi connectivity index (χ2v) is 8.56. The van der Waals surface area contributed by atoms with E-state index in [4.69, 9.17) is 0 Å². The van der Waals surface area contributed by atoms with E-state index >= 15 is 0 Å². The molecule has 0 heterocycles. The Bertz CT molecular complexity index is 1250. The summed E-state index contributed by atoms with van der Waals surface area (Å²) in [6.45, 7) is 0. The van der Waals surface area contributed by atoms with Gasteiger partial charge in [0, 0.05) is 0 Å². The third-order valence-corrected chi connectivity index (χ3v) is 5.83. The molecule has 0 bridgehead atoms. The molecule has 0 amide bonds. The molecule has 0 aliphatic carbocycles. The minimum Gasteiger partial charge on any atom is -0.744 e. The molecule has 0 saturated heterocycles. The Hall–Kier alpha value is -2.29. The van der Waals surface area contributed by atoms with Crippen LogP contribution >= 0.6 is 0 Å². The van der Waals surface area contributed by atoms with Gasteiger partial charge in [0.1, 0.15) is 20.2 Å². The Balaban J connectivity index is 0.000000200. The molecule has 29 heavy (non-hydrogen) atoms. The van der Waals surface area contributed by atoms with Crippen molar-refractivity contribution in [2.45, 2.75) is 9.79 Å². The van der Waals surface area contributed by atoms with Crippen molar-refractivity contribution in [3.63, 3.8) is 0 Å². The Morgan fingerprint density at radius 3 is 1.14 bits per heavy atom. The van der Waals surface area contributed by atoms with Crippen molar-refractivity contribution >= 4 is 41.8 Å². The second-order valence-electron chi connectivity index (χ2n) is 5.86. The Morgan fingerprint density at radius 1 is 0.483 bits per heavy atom. The van der Waals surface area contributed by atoms with Crippen LogP contribution in [-0.2, 0) is 36.7 Å². The zero-order valence-corrected chi connectivity index (χ0v) is 17.3. The molecule has 0 N–H and O–H groups in total. The van der Waals surface area contributed by atoms with Gasteiger partial charge >= 0.3 is 16.5 Å². The molecule has 0 unspecified atom stereocenters. The predicted molar refractivity (Wildman–Crippen MR) is 104 cm³/mol. The summed E-state index contributed by atoms with van der Waals surface area (Å²) < 4.78 is 65.3. The van der Waals surface area contributed by atoms with Crippen LogP contribution in [0.5, 0.6) is 0 Å². The summed E-state index contributed by atoms with van der Waals surface area (Å²) in [6.07, 6.45) is 0. The minimum absolute atomic E-state index is 0. The molecule has 0 fully saturated rings. The van der Waals surface area contributed by atoms with Gasteiger partial charge in [-0.1, -0.05) is 72.8 Å². The third kappa shape index (κ3) is 5.41. The molecule has 0 aromatic heterocycles. The third-order valence-electron chi connectivity index (χ3n) is 4.04. The topological polar surface area (TPSA) is 114 Å². The van der Waals surface area contributed by atoms with Crippen molar-refractivity contribution in [3.05, 3.63) is 84.9 Å². The number of fused-ring (bicyclic) bond motifs is 2. The Morgan fingerprint density at radius 2 is 0.793 bits per heavy atom. The summed E-state index contributed by atoms with van der Waals surface area (Å²) in [4.78, 5) is -0.314. The fourth-order valence-corrected chi connectivity index (χ4v) is 4.23. The van der Waals surface area contributed by atoms with Crippen LogP contribution < -0.4 is 0 Å². The molecular formula is C20H14NiO6S2. The summed E-state index contributed by atoms with van der Waals surface area (Å²) in [5.41, 5.74) is 0. The Labute approximate surface area is 178 Å². The molecule has 9 heteroatoms. The summed E-state index contributed by atoms with van der Waals surface area (Å²) in [5.74, 6) is 0. The zero-order chi connectivity index (χ0) is 20.4. The average Bonchev–Trinajstić information content (AvgIpc) is 2.66. The molecule has 0 radical (unpaired) electrons. The van der Waals surface area contributed by atoms with Gasteiger partial charge < -0.3 is 9.11 Å². The summed E-state index contributed by atoms with van der Waals surface area (Å²) in [5, 5.41) is 2.46. The van der Waals surface area contributed by atoms with Gasteiger partial charge in [0.15, 0.2) is 0 Å². The van der Waals surface area contributed by atoms with E-state index < -0.39 is 20.2 Å². The molecule has 0 aliphatic heterocycles. The normalized spacial score (nSPS) is 11.4. The number of hydrogen-bond donors (Lipinski definition) is 0. The first kappa shape index (κ1) is 23.0. The van der Waals surface area contributed by atoms with Crippen molar-refractivity contribution in [1.29, 1.82) is 0 Å². The SMILES string of the molecule is O=S(=O)([O-])c1cccc2ccccc12.O=S(=O)([O-])c1cccc2ccccc12.[Ni+2]. The summed E-state index contributed by atoms with van der Waals surface area (Å²) in [7, 11) is -8.76. The van der Waals surface area contributed by atoms with E-state index in [1.807, 2.05) is 0 Å². The standard InChI is InChI=1S/2C10H8O3S.Ni/c2*11-14(12,13)10-7-3-5-8-4-1-2-6-9(8)10;/h2*1-7H,(H,11,12,13);/q;;+2/p-2. The molecule has 4 aromatic carbocycles. The van der Waals surface area contributed by atoms with Crippen LogP contribution in [-0.4, -0.2) is 25.9 Å². The fourth-order valence-electron chi connectivity index (χ4n) is 2.83. The van der Waals surface area contributed by atoms with Gasteiger partial charge in [-0.25, -0.2) is 16.8 Å². The van der Waals surface area contributed by atoms with E-state index in [0.717, 1.165) is 10.8 Å². The smallest absolute Gasteiger partial charge is 0.744 e. The number of rotatable bonds is 2. The minimum atomic E-state index is -4.38. The quantitative estimate of drug-likeness (QED) is 0.325. The zero-order valence-electron chi connectivity index (χ0n) is 14.7. The molecule has 0 spiro atoms. The van der Waals surface area contributed by atoms with Gasteiger partial charge in [0.2, 0.25) is 0 Å². The molecule has 6 nitrogen and oxygen atoms in total. The second kappa shape index (κ2) is 9.03. The van der Waals surface area contributed by atoms with Gasteiger partial charge in [-0.15, -0.1) is 0 Å². The molecule has 4 rings (SSSR count). The van der Waals surface area contributed by atoms with Gasteiger partial charge in [0.25, 0.3) is 0 Å². The molecule has 0 atom stereocenters.